The van der Waals surface area contributed by atoms with Gasteiger partial charge in [-0.2, -0.15) is 4.98 Å². The summed E-state index contributed by atoms with van der Waals surface area (Å²) in [6, 6.07) is 12.9. The van der Waals surface area contributed by atoms with Crippen molar-refractivity contribution < 1.29 is 18.4 Å². The lowest BCUT2D eigenvalue weighted by atomic mass is 10.2. The average Bonchev–Trinajstić information content (AvgIpc) is 3.10. The second kappa shape index (κ2) is 8.09. The number of hydrogen-bond donors (Lipinski definition) is 1. The molecule has 1 aromatic heterocycles. The van der Waals surface area contributed by atoms with Gasteiger partial charge >= 0.3 is 0 Å². The quantitative estimate of drug-likeness (QED) is 0.658. The predicted molar refractivity (Wildman–Crippen MR) is 95.8 cm³/mol. The first-order chi connectivity index (χ1) is 12.5. The highest BCUT2D eigenvalue weighted by Gasteiger charge is 2.16. The van der Waals surface area contributed by atoms with Crippen LogP contribution < -0.4 is 10.1 Å². The van der Waals surface area contributed by atoms with Crippen LogP contribution in [0.2, 0.25) is 0 Å². The fourth-order valence-corrected chi connectivity index (χ4v) is 2.55. The molecule has 1 N–H and O–H groups in total. The number of ether oxygens (including phenoxy) is 1. The molecule has 0 bridgehead atoms. The lowest BCUT2D eigenvalue weighted by Crippen LogP contribution is -2.35. The molecule has 0 saturated carbocycles. The second-order valence-electron chi connectivity index (χ2n) is 5.45. The van der Waals surface area contributed by atoms with Crippen LogP contribution in [0.5, 0.6) is 5.75 Å². The standard InChI is InChI=1S/C18H15BrFN3O3/c1-11(25-15-7-5-14(20)6-8-15)18(24)21-10-16-22-17(23-26-16)12-3-2-4-13(19)9-12/h2-9,11H,10H2,1H3,(H,21,24)/t11-/m1/s1. The molecule has 1 amide bonds. The molecule has 6 nitrogen and oxygen atoms in total. The summed E-state index contributed by atoms with van der Waals surface area (Å²) in [7, 11) is 0. The Balaban J connectivity index is 1.55. The van der Waals surface area contributed by atoms with E-state index in [0.717, 1.165) is 10.0 Å². The smallest absolute Gasteiger partial charge is 0.261 e. The molecule has 0 unspecified atom stereocenters. The lowest BCUT2D eigenvalue weighted by Gasteiger charge is -2.13. The summed E-state index contributed by atoms with van der Waals surface area (Å²) in [6.07, 6.45) is -0.757. The van der Waals surface area contributed by atoms with Crippen molar-refractivity contribution in [1.29, 1.82) is 0 Å². The molecular weight excluding hydrogens is 405 g/mol. The van der Waals surface area contributed by atoms with Crippen LogP contribution in [0.4, 0.5) is 4.39 Å². The normalized spacial score (nSPS) is 11.8. The molecule has 0 aliphatic rings. The Bertz CT molecular complexity index is 899. The first kappa shape index (κ1) is 18.1. The SMILES string of the molecule is C[C@@H](Oc1ccc(F)cc1)C(=O)NCc1nc(-c2cccc(Br)c2)no1. The lowest BCUT2D eigenvalue weighted by molar-refractivity contribution is -0.127. The van der Waals surface area contributed by atoms with Crippen molar-refractivity contribution in [2.45, 2.75) is 19.6 Å². The summed E-state index contributed by atoms with van der Waals surface area (Å²) in [5.74, 6) is 0.404. The summed E-state index contributed by atoms with van der Waals surface area (Å²) in [5, 5.41) is 6.56. The Labute approximate surface area is 157 Å². The van der Waals surface area contributed by atoms with Crippen LogP contribution in [0.1, 0.15) is 12.8 Å². The van der Waals surface area contributed by atoms with Crippen molar-refractivity contribution in [3.8, 4) is 17.1 Å². The minimum absolute atomic E-state index is 0.0803. The Morgan fingerprint density at radius 2 is 2.08 bits per heavy atom. The summed E-state index contributed by atoms with van der Waals surface area (Å²) in [4.78, 5) is 16.4. The monoisotopic (exact) mass is 419 g/mol. The highest BCUT2D eigenvalue weighted by Crippen LogP contribution is 2.20. The largest absolute Gasteiger partial charge is 0.481 e. The Morgan fingerprint density at radius 1 is 1.31 bits per heavy atom. The van der Waals surface area contributed by atoms with Crippen molar-refractivity contribution in [3.05, 3.63) is 64.7 Å². The van der Waals surface area contributed by atoms with Gasteiger partial charge < -0.3 is 14.6 Å². The molecular formula is C18H15BrFN3O3. The number of carbonyl (C=O) groups is 1. The number of hydrogen-bond acceptors (Lipinski definition) is 5. The van der Waals surface area contributed by atoms with Gasteiger partial charge in [0.25, 0.3) is 5.91 Å². The van der Waals surface area contributed by atoms with Gasteiger partial charge in [0.1, 0.15) is 11.6 Å². The molecule has 26 heavy (non-hydrogen) atoms. The molecule has 1 atom stereocenters. The van der Waals surface area contributed by atoms with Crippen LogP contribution in [-0.4, -0.2) is 22.2 Å². The van der Waals surface area contributed by atoms with Crippen LogP contribution in [-0.2, 0) is 11.3 Å². The summed E-state index contributed by atoms with van der Waals surface area (Å²) >= 11 is 3.39. The molecule has 0 saturated heterocycles. The minimum Gasteiger partial charge on any atom is -0.481 e. The van der Waals surface area contributed by atoms with Gasteiger partial charge in [0, 0.05) is 10.0 Å². The number of carbonyl (C=O) groups excluding carboxylic acids is 1. The highest BCUT2D eigenvalue weighted by molar-refractivity contribution is 9.10. The van der Waals surface area contributed by atoms with Gasteiger partial charge in [0.2, 0.25) is 11.7 Å². The number of amides is 1. The molecule has 0 radical (unpaired) electrons. The fourth-order valence-electron chi connectivity index (χ4n) is 2.15. The van der Waals surface area contributed by atoms with E-state index < -0.39 is 6.10 Å². The molecule has 0 spiro atoms. The second-order valence-corrected chi connectivity index (χ2v) is 6.37. The molecule has 3 aromatic rings. The predicted octanol–water partition coefficient (Wildman–Crippen LogP) is 3.72. The topological polar surface area (TPSA) is 77.2 Å². The molecule has 0 aliphatic heterocycles. The van der Waals surface area contributed by atoms with Crippen molar-refractivity contribution in [3.63, 3.8) is 0 Å². The van der Waals surface area contributed by atoms with Crippen molar-refractivity contribution in [2.75, 3.05) is 0 Å². The Morgan fingerprint density at radius 3 is 2.81 bits per heavy atom. The molecule has 2 aromatic carbocycles. The van der Waals surface area contributed by atoms with Crippen LogP contribution >= 0.6 is 15.9 Å². The molecule has 1 heterocycles. The van der Waals surface area contributed by atoms with Crippen LogP contribution in [0, 0.1) is 5.82 Å². The van der Waals surface area contributed by atoms with E-state index in [1.54, 1.807) is 6.92 Å². The molecule has 3 rings (SSSR count). The van der Waals surface area contributed by atoms with Gasteiger partial charge in [-0.05, 0) is 43.3 Å². The molecule has 8 heteroatoms. The number of nitrogens with zero attached hydrogens (tertiary/aromatic N) is 2. The van der Waals surface area contributed by atoms with E-state index in [2.05, 4.69) is 31.4 Å². The highest BCUT2D eigenvalue weighted by atomic mass is 79.9. The van der Waals surface area contributed by atoms with E-state index in [1.807, 2.05) is 24.3 Å². The maximum atomic E-state index is 12.9. The van der Waals surface area contributed by atoms with Crippen molar-refractivity contribution >= 4 is 21.8 Å². The fraction of sp³-hybridized carbons (Fsp3) is 0.167. The number of benzene rings is 2. The Hall–Kier alpha value is -2.74. The van der Waals surface area contributed by atoms with Crippen LogP contribution in [0.15, 0.2) is 57.5 Å². The van der Waals surface area contributed by atoms with Gasteiger partial charge in [0.15, 0.2) is 6.10 Å². The van der Waals surface area contributed by atoms with Gasteiger partial charge in [0.05, 0.1) is 6.54 Å². The van der Waals surface area contributed by atoms with Crippen LogP contribution in [0.3, 0.4) is 0 Å². The average molecular weight is 420 g/mol. The van der Waals surface area contributed by atoms with Gasteiger partial charge in [-0.25, -0.2) is 4.39 Å². The van der Waals surface area contributed by atoms with Gasteiger partial charge in [-0.3, -0.25) is 4.79 Å². The van der Waals surface area contributed by atoms with E-state index >= 15 is 0 Å². The van der Waals surface area contributed by atoms with E-state index in [1.165, 1.54) is 24.3 Å². The van der Waals surface area contributed by atoms with E-state index in [9.17, 15) is 9.18 Å². The number of nitrogens with one attached hydrogen (secondary N) is 1. The number of halogens is 2. The molecule has 134 valence electrons. The number of rotatable bonds is 6. The van der Waals surface area contributed by atoms with E-state index in [4.69, 9.17) is 9.26 Å². The molecule has 0 aliphatic carbocycles. The third-order valence-electron chi connectivity index (χ3n) is 3.46. The van der Waals surface area contributed by atoms with Gasteiger partial charge in [-0.15, -0.1) is 0 Å². The first-order valence-corrected chi connectivity index (χ1v) is 8.59. The first-order valence-electron chi connectivity index (χ1n) is 7.80. The van der Waals surface area contributed by atoms with E-state index in [-0.39, 0.29) is 24.2 Å². The summed E-state index contributed by atoms with van der Waals surface area (Å²) < 4.78 is 24.4. The third-order valence-corrected chi connectivity index (χ3v) is 3.95. The van der Waals surface area contributed by atoms with Crippen molar-refractivity contribution in [1.82, 2.24) is 15.5 Å². The van der Waals surface area contributed by atoms with E-state index in [0.29, 0.717) is 11.6 Å². The number of aromatic nitrogens is 2. The molecule has 0 fully saturated rings. The minimum atomic E-state index is -0.757. The third kappa shape index (κ3) is 4.66. The maximum Gasteiger partial charge on any atom is 0.261 e. The van der Waals surface area contributed by atoms with Crippen LogP contribution in [0.25, 0.3) is 11.4 Å². The summed E-state index contributed by atoms with van der Waals surface area (Å²) in [5.41, 5.74) is 0.800. The zero-order chi connectivity index (χ0) is 18.5. The zero-order valence-electron chi connectivity index (χ0n) is 13.8. The zero-order valence-corrected chi connectivity index (χ0v) is 15.4. The maximum absolute atomic E-state index is 12.9. The Kier molecular flexibility index (Phi) is 5.62. The van der Waals surface area contributed by atoms with Gasteiger partial charge in [-0.1, -0.05) is 33.2 Å². The van der Waals surface area contributed by atoms with Crippen molar-refractivity contribution in [2.24, 2.45) is 0 Å². The summed E-state index contributed by atoms with van der Waals surface area (Å²) in [6.45, 7) is 1.68.